The first-order valence-corrected chi connectivity index (χ1v) is 14.1. The Morgan fingerprint density at radius 1 is 0.897 bits per heavy atom. The molecular weight excluding hydrogens is 559 g/mol. The summed E-state index contributed by atoms with van der Waals surface area (Å²) in [5.74, 6) is 1.29. The van der Waals surface area contributed by atoms with E-state index in [9.17, 15) is 4.39 Å². The summed E-state index contributed by atoms with van der Waals surface area (Å²) in [4.78, 5) is 11.4. The molecule has 3 aromatic rings. The number of nitrogens with zero attached hydrogens (tertiary/aromatic N) is 3. The maximum atomic E-state index is 14.5. The molecule has 1 aromatic heterocycles. The molecule has 1 N–H and O–H groups in total. The lowest BCUT2D eigenvalue weighted by Crippen LogP contribution is -2.78. The minimum Gasteiger partial charge on any atom is -0.493 e. The van der Waals surface area contributed by atoms with Crippen molar-refractivity contribution in [2.45, 2.75) is 73.4 Å². The molecule has 0 spiro atoms. The lowest BCUT2D eigenvalue weighted by Gasteiger charge is -2.74. The summed E-state index contributed by atoms with van der Waals surface area (Å²) in [5, 5.41) is 3.80. The average Bonchev–Trinajstić information content (AvgIpc) is 2.86. The Bertz CT molecular complexity index is 1370. The van der Waals surface area contributed by atoms with E-state index in [1.165, 1.54) is 12.4 Å². The second-order valence-electron chi connectivity index (χ2n) is 13.0. The van der Waals surface area contributed by atoms with Crippen LogP contribution >= 0.6 is 15.9 Å². The third-order valence-corrected chi connectivity index (χ3v) is 11.6. The summed E-state index contributed by atoms with van der Waals surface area (Å²) >= 11 is 3.30. The third-order valence-electron chi connectivity index (χ3n) is 11.1. The molecule has 1 saturated heterocycles. The van der Waals surface area contributed by atoms with Gasteiger partial charge in [-0.05, 0) is 69.8 Å². The molecule has 2 aromatic carbocycles. The van der Waals surface area contributed by atoms with Crippen LogP contribution in [0.3, 0.4) is 0 Å². The van der Waals surface area contributed by atoms with Crippen molar-refractivity contribution in [1.82, 2.24) is 14.9 Å². The Kier molecular flexibility index (Phi) is 7.26. The van der Waals surface area contributed by atoms with E-state index in [0.29, 0.717) is 45.0 Å². The van der Waals surface area contributed by atoms with Crippen molar-refractivity contribution in [3.05, 3.63) is 46.9 Å². The van der Waals surface area contributed by atoms with Crippen molar-refractivity contribution in [3.8, 4) is 11.5 Å². The van der Waals surface area contributed by atoms with Crippen LogP contribution in [0, 0.1) is 22.1 Å². The second-order valence-corrected chi connectivity index (χ2v) is 14.0. The lowest BCUT2D eigenvalue weighted by atomic mass is 9.41. The third kappa shape index (κ3) is 4.29. The van der Waals surface area contributed by atoms with E-state index in [4.69, 9.17) is 9.47 Å². The summed E-state index contributed by atoms with van der Waals surface area (Å²) in [5.41, 5.74) is 0.395. The number of rotatable bonds is 6. The lowest BCUT2D eigenvalue weighted by molar-refractivity contribution is -0.254. The summed E-state index contributed by atoms with van der Waals surface area (Å²) in [7, 11) is 3.86. The number of halogens is 2. The highest BCUT2D eigenvalue weighted by Crippen LogP contribution is 2.67. The van der Waals surface area contributed by atoms with Crippen LogP contribution in [-0.2, 0) is 0 Å². The summed E-state index contributed by atoms with van der Waals surface area (Å²) < 4.78 is 27.6. The molecule has 1 fully saturated rings. The number of nitrogens with one attached hydrogen (secondary N) is 1. The molecule has 0 atom stereocenters. The van der Waals surface area contributed by atoms with E-state index in [1.54, 1.807) is 19.2 Å². The van der Waals surface area contributed by atoms with Gasteiger partial charge in [0.05, 0.1) is 24.9 Å². The first-order valence-electron chi connectivity index (χ1n) is 13.3. The molecule has 4 rings (SSSR count). The molecule has 2 heterocycles. The minimum absolute atomic E-state index is 0.0896. The van der Waals surface area contributed by atoms with E-state index >= 15 is 0 Å². The molecule has 1 aliphatic heterocycles. The van der Waals surface area contributed by atoms with Crippen molar-refractivity contribution >= 4 is 38.3 Å². The fraction of sp³-hybridized carbons (Fsp3) is 0.548. The molecule has 0 unspecified atom stereocenters. The standard InChI is InChI=1S/C31H42BrFN4O2/c1-27(2)29(5,6)37(10)30(7,8)28(3,4)31(27,9)17-39-25-16-23-20(15-24(25)38-11)26(35-18-34-23)36-22-13-12-19(32)14-21(22)33/h12-16,18H,17H2,1-11H3,(H,34,35,36). The van der Waals surface area contributed by atoms with Crippen molar-refractivity contribution in [2.75, 3.05) is 26.1 Å². The molecule has 1 aliphatic rings. The number of anilines is 2. The summed E-state index contributed by atoms with van der Waals surface area (Å²) in [6.07, 6.45) is 1.47. The summed E-state index contributed by atoms with van der Waals surface area (Å²) in [6.45, 7) is 21.6. The van der Waals surface area contributed by atoms with Gasteiger partial charge in [-0.1, -0.05) is 50.5 Å². The van der Waals surface area contributed by atoms with Gasteiger partial charge in [0.2, 0.25) is 0 Å². The second kappa shape index (κ2) is 9.58. The zero-order valence-electron chi connectivity index (χ0n) is 25.1. The van der Waals surface area contributed by atoms with Gasteiger partial charge in [0.25, 0.3) is 0 Å². The molecule has 0 aliphatic carbocycles. The monoisotopic (exact) mass is 600 g/mol. The number of piperidine rings is 1. The summed E-state index contributed by atoms with van der Waals surface area (Å²) in [6, 6.07) is 8.58. The average molecular weight is 602 g/mol. The number of benzene rings is 2. The Hall–Kier alpha value is -2.45. The fourth-order valence-corrected chi connectivity index (χ4v) is 6.74. The van der Waals surface area contributed by atoms with Gasteiger partial charge < -0.3 is 14.8 Å². The Balaban J connectivity index is 1.73. The van der Waals surface area contributed by atoms with Gasteiger partial charge in [0, 0.05) is 32.4 Å². The van der Waals surface area contributed by atoms with Crippen LogP contribution in [0.1, 0.15) is 62.3 Å². The van der Waals surface area contributed by atoms with E-state index in [1.807, 2.05) is 12.1 Å². The van der Waals surface area contributed by atoms with Crippen LogP contribution < -0.4 is 14.8 Å². The van der Waals surface area contributed by atoms with E-state index < -0.39 is 0 Å². The fourth-order valence-electron chi connectivity index (χ4n) is 6.41. The highest BCUT2D eigenvalue weighted by Gasteiger charge is 2.69. The Morgan fingerprint density at radius 3 is 2.08 bits per heavy atom. The number of ether oxygens (including phenoxy) is 2. The van der Waals surface area contributed by atoms with Gasteiger partial charge in [-0.3, -0.25) is 4.90 Å². The van der Waals surface area contributed by atoms with E-state index in [0.717, 1.165) is 0 Å². The normalized spacial score (nSPS) is 20.9. The Labute approximate surface area is 240 Å². The Morgan fingerprint density at radius 2 is 1.51 bits per heavy atom. The topological polar surface area (TPSA) is 59.5 Å². The zero-order valence-corrected chi connectivity index (χ0v) is 26.7. The maximum absolute atomic E-state index is 14.5. The number of hydrogen-bond acceptors (Lipinski definition) is 6. The van der Waals surface area contributed by atoms with E-state index in [2.05, 4.69) is 105 Å². The molecule has 6 nitrogen and oxygen atoms in total. The number of aromatic nitrogens is 2. The van der Waals surface area contributed by atoms with Crippen LogP contribution in [0.4, 0.5) is 15.9 Å². The van der Waals surface area contributed by atoms with Gasteiger partial charge in [-0.25, -0.2) is 14.4 Å². The highest BCUT2D eigenvalue weighted by molar-refractivity contribution is 9.10. The molecule has 0 saturated carbocycles. The number of likely N-dealkylation sites (tertiary alicyclic amines) is 1. The van der Waals surface area contributed by atoms with Crippen LogP contribution in [0.2, 0.25) is 0 Å². The maximum Gasteiger partial charge on any atom is 0.163 e. The van der Waals surface area contributed by atoms with Crippen LogP contribution in [0.5, 0.6) is 11.5 Å². The molecular formula is C31H42BrFN4O2. The molecule has 39 heavy (non-hydrogen) atoms. The number of methoxy groups -OCH3 is 1. The molecule has 0 bridgehead atoms. The van der Waals surface area contributed by atoms with Gasteiger partial charge in [-0.2, -0.15) is 0 Å². The van der Waals surface area contributed by atoms with Crippen molar-refractivity contribution in [2.24, 2.45) is 16.2 Å². The van der Waals surface area contributed by atoms with E-state index in [-0.39, 0.29) is 33.1 Å². The van der Waals surface area contributed by atoms with Gasteiger partial charge in [-0.15, -0.1) is 0 Å². The molecule has 212 valence electrons. The molecule has 8 heteroatoms. The minimum atomic E-state index is -0.384. The quantitative estimate of drug-likeness (QED) is 0.307. The van der Waals surface area contributed by atoms with Gasteiger partial charge in [0.15, 0.2) is 11.5 Å². The highest BCUT2D eigenvalue weighted by atomic mass is 79.9. The molecule has 0 amide bonds. The van der Waals surface area contributed by atoms with Crippen molar-refractivity contribution < 1.29 is 13.9 Å². The predicted octanol–water partition coefficient (Wildman–Crippen LogP) is 8.22. The largest absolute Gasteiger partial charge is 0.493 e. The first kappa shape index (κ1) is 29.5. The SMILES string of the molecule is COc1cc2c(Nc3ccc(Br)cc3F)ncnc2cc1OCC1(C)C(C)(C)C(C)(C)N(C)C(C)(C)C1(C)C. The van der Waals surface area contributed by atoms with Crippen LogP contribution in [-0.4, -0.2) is 46.7 Å². The van der Waals surface area contributed by atoms with Crippen molar-refractivity contribution in [3.63, 3.8) is 0 Å². The van der Waals surface area contributed by atoms with Gasteiger partial charge in [0.1, 0.15) is 18.0 Å². The zero-order chi connectivity index (χ0) is 29.2. The van der Waals surface area contributed by atoms with Crippen LogP contribution in [0.25, 0.3) is 10.9 Å². The predicted molar refractivity (Wildman–Crippen MR) is 161 cm³/mol. The van der Waals surface area contributed by atoms with Crippen LogP contribution in [0.15, 0.2) is 41.1 Å². The molecule has 0 radical (unpaired) electrons. The number of hydrogen-bond donors (Lipinski definition) is 1. The van der Waals surface area contributed by atoms with Crippen molar-refractivity contribution in [1.29, 1.82) is 0 Å². The first-order chi connectivity index (χ1) is 17.9. The number of fused-ring (bicyclic) bond motifs is 1. The smallest absolute Gasteiger partial charge is 0.163 e. The van der Waals surface area contributed by atoms with Gasteiger partial charge >= 0.3 is 0 Å².